The van der Waals surface area contributed by atoms with Crippen LogP contribution in [-0.4, -0.2) is 49.0 Å². The Labute approximate surface area is 165 Å². The fourth-order valence-electron chi connectivity index (χ4n) is 3.85. The molecule has 1 aromatic heterocycles. The van der Waals surface area contributed by atoms with E-state index in [0.717, 1.165) is 41.9 Å². The van der Waals surface area contributed by atoms with Gasteiger partial charge in [-0.3, -0.25) is 9.69 Å². The average molecular weight is 378 g/mol. The van der Waals surface area contributed by atoms with Crippen molar-refractivity contribution in [2.75, 3.05) is 33.3 Å². The molecule has 0 N–H and O–H groups in total. The third kappa shape index (κ3) is 3.62. The summed E-state index contributed by atoms with van der Waals surface area (Å²) in [5.41, 5.74) is 4.20. The van der Waals surface area contributed by atoms with Crippen LogP contribution in [0.15, 0.2) is 46.9 Å². The van der Waals surface area contributed by atoms with Gasteiger partial charge in [0.15, 0.2) is 5.76 Å². The molecule has 0 spiro atoms. The standard InChI is InChI=1S/C23H26N2O3/c1-16-5-4-6-18(13-16)15-24-9-11-25(12-10-24)23(26)22-17(2)20-14-19(27-3)7-8-21(20)28-22/h4-8,13-14H,9-12,15H2,1-3H3. The predicted molar refractivity (Wildman–Crippen MR) is 110 cm³/mol. The summed E-state index contributed by atoms with van der Waals surface area (Å²) in [4.78, 5) is 17.3. The summed E-state index contributed by atoms with van der Waals surface area (Å²) in [5, 5.41) is 0.931. The Hall–Kier alpha value is -2.79. The maximum atomic E-state index is 13.0. The van der Waals surface area contributed by atoms with Crippen LogP contribution in [0.3, 0.4) is 0 Å². The van der Waals surface area contributed by atoms with Gasteiger partial charge in [-0.1, -0.05) is 29.8 Å². The second kappa shape index (κ2) is 7.68. The fraction of sp³-hybridized carbons (Fsp3) is 0.348. The number of aryl methyl sites for hydroxylation is 2. The Balaban J connectivity index is 1.44. The van der Waals surface area contributed by atoms with Gasteiger partial charge in [0.25, 0.3) is 5.91 Å². The molecule has 28 heavy (non-hydrogen) atoms. The number of rotatable bonds is 4. The number of furan rings is 1. The van der Waals surface area contributed by atoms with E-state index in [1.807, 2.05) is 30.0 Å². The first kappa shape index (κ1) is 18.6. The van der Waals surface area contributed by atoms with E-state index in [1.54, 1.807) is 7.11 Å². The molecule has 1 fully saturated rings. The molecular weight excluding hydrogens is 352 g/mol. The quantitative estimate of drug-likeness (QED) is 0.688. The van der Waals surface area contributed by atoms with Crippen molar-refractivity contribution in [1.82, 2.24) is 9.80 Å². The number of methoxy groups -OCH3 is 1. The van der Waals surface area contributed by atoms with E-state index >= 15 is 0 Å². The van der Waals surface area contributed by atoms with E-state index in [1.165, 1.54) is 11.1 Å². The molecule has 3 aromatic rings. The average Bonchev–Trinajstić information content (AvgIpc) is 3.04. The summed E-state index contributed by atoms with van der Waals surface area (Å²) < 4.78 is 11.2. The summed E-state index contributed by atoms with van der Waals surface area (Å²) in [6.45, 7) is 8.14. The molecule has 1 amide bonds. The molecule has 0 atom stereocenters. The molecule has 0 aliphatic carbocycles. The Morgan fingerprint density at radius 1 is 1.07 bits per heavy atom. The van der Waals surface area contributed by atoms with Crippen molar-refractivity contribution < 1.29 is 13.9 Å². The van der Waals surface area contributed by atoms with E-state index in [4.69, 9.17) is 9.15 Å². The van der Waals surface area contributed by atoms with E-state index < -0.39 is 0 Å². The minimum atomic E-state index is -0.0251. The highest BCUT2D eigenvalue weighted by molar-refractivity contribution is 5.99. The normalized spacial score (nSPS) is 15.2. The van der Waals surface area contributed by atoms with E-state index in [2.05, 4.69) is 36.1 Å². The van der Waals surface area contributed by atoms with Crippen LogP contribution < -0.4 is 4.74 Å². The van der Waals surface area contributed by atoms with Crippen molar-refractivity contribution in [3.05, 3.63) is 64.9 Å². The minimum absolute atomic E-state index is 0.0251. The van der Waals surface area contributed by atoms with Gasteiger partial charge in [-0.25, -0.2) is 0 Å². The lowest BCUT2D eigenvalue weighted by atomic mass is 10.1. The van der Waals surface area contributed by atoms with Crippen LogP contribution in [0.25, 0.3) is 11.0 Å². The van der Waals surface area contributed by atoms with Crippen molar-refractivity contribution in [2.24, 2.45) is 0 Å². The molecule has 0 bridgehead atoms. The monoisotopic (exact) mass is 378 g/mol. The number of piperazine rings is 1. The highest BCUT2D eigenvalue weighted by atomic mass is 16.5. The molecule has 1 aliphatic rings. The number of amides is 1. The summed E-state index contributed by atoms with van der Waals surface area (Å²) in [6.07, 6.45) is 0. The van der Waals surface area contributed by atoms with Gasteiger partial charge in [0.05, 0.1) is 7.11 Å². The maximum Gasteiger partial charge on any atom is 0.289 e. The number of hydrogen-bond donors (Lipinski definition) is 0. The van der Waals surface area contributed by atoms with Crippen LogP contribution in [0, 0.1) is 13.8 Å². The summed E-state index contributed by atoms with van der Waals surface area (Å²) in [6, 6.07) is 14.2. The van der Waals surface area contributed by atoms with Crippen molar-refractivity contribution in [1.29, 1.82) is 0 Å². The molecule has 5 heteroatoms. The zero-order valence-corrected chi connectivity index (χ0v) is 16.7. The van der Waals surface area contributed by atoms with Crippen LogP contribution in [-0.2, 0) is 6.54 Å². The number of hydrogen-bond acceptors (Lipinski definition) is 4. The van der Waals surface area contributed by atoms with Gasteiger partial charge in [0, 0.05) is 43.7 Å². The molecule has 0 radical (unpaired) electrons. The van der Waals surface area contributed by atoms with Crippen LogP contribution in [0.4, 0.5) is 0 Å². The Kier molecular flexibility index (Phi) is 5.09. The number of benzene rings is 2. The summed E-state index contributed by atoms with van der Waals surface area (Å²) in [5.74, 6) is 1.18. The first-order chi connectivity index (χ1) is 13.5. The molecule has 0 saturated carbocycles. The molecule has 0 unspecified atom stereocenters. The second-order valence-corrected chi connectivity index (χ2v) is 7.48. The van der Waals surface area contributed by atoms with Crippen molar-refractivity contribution in [3.63, 3.8) is 0 Å². The lowest BCUT2D eigenvalue weighted by molar-refractivity contribution is 0.0599. The van der Waals surface area contributed by atoms with Crippen LogP contribution >= 0.6 is 0 Å². The molecule has 5 nitrogen and oxygen atoms in total. The van der Waals surface area contributed by atoms with E-state index in [0.29, 0.717) is 18.8 Å². The van der Waals surface area contributed by atoms with Gasteiger partial charge < -0.3 is 14.1 Å². The van der Waals surface area contributed by atoms with Gasteiger partial charge in [-0.2, -0.15) is 0 Å². The van der Waals surface area contributed by atoms with Gasteiger partial charge in [-0.15, -0.1) is 0 Å². The van der Waals surface area contributed by atoms with Crippen molar-refractivity contribution in [2.45, 2.75) is 20.4 Å². The fourth-order valence-corrected chi connectivity index (χ4v) is 3.85. The Bertz CT molecular complexity index is 1000. The minimum Gasteiger partial charge on any atom is -0.497 e. The van der Waals surface area contributed by atoms with Gasteiger partial charge in [-0.05, 0) is 37.6 Å². The number of carbonyl (C=O) groups excluding carboxylic acids is 1. The van der Waals surface area contributed by atoms with Crippen molar-refractivity contribution in [3.8, 4) is 5.75 Å². The van der Waals surface area contributed by atoms with Crippen LogP contribution in [0.5, 0.6) is 5.75 Å². The van der Waals surface area contributed by atoms with Gasteiger partial charge in [0.2, 0.25) is 0 Å². The van der Waals surface area contributed by atoms with Crippen LogP contribution in [0.1, 0.15) is 27.2 Å². The number of carbonyl (C=O) groups is 1. The van der Waals surface area contributed by atoms with Crippen LogP contribution in [0.2, 0.25) is 0 Å². The zero-order chi connectivity index (χ0) is 19.7. The third-order valence-electron chi connectivity index (χ3n) is 5.49. The first-order valence-electron chi connectivity index (χ1n) is 9.69. The lowest BCUT2D eigenvalue weighted by Crippen LogP contribution is -2.48. The zero-order valence-electron chi connectivity index (χ0n) is 16.7. The largest absolute Gasteiger partial charge is 0.497 e. The Morgan fingerprint density at radius 3 is 2.57 bits per heavy atom. The maximum absolute atomic E-state index is 13.0. The topological polar surface area (TPSA) is 45.9 Å². The number of fused-ring (bicyclic) bond motifs is 1. The molecule has 2 heterocycles. The highest BCUT2D eigenvalue weighted by Gasteiger charge is 2.26. The molecule has 1 saturated heterocycles. The van der Waals surface area contributed by atoms with Crippen molar-refractivity contribution >= 4 is 16.9 Å². The summed E-state index contributed by atoms with van der Waals surface area (Å²) >= 11 is 0. The smallest absolute Gasteiger partial charge is 0.289 e. The van der Waals surface area contributed by atoms with Gasteiger partial charge >= 0.3 is 0 Å². The highest BCUT2D eigenvalue weighted by Crippen LogP contribution is 2.29. The third-order valence-corrected chi connectivity index (χ3v) is 5.49. The SMILES string of the molecule is COc1ccc2oc(C(=O)N3CCN(Cc4cccc(C)c4)CC3)c(C)c2c1. The second-order valence-electron chi connectivity index (χ2n) is 7.48. The summed E-state index contributed by atoms with van der Waals surface area (Å²) in [7, 11) is 1.64. The number of ether oxygens (including phenoxy) is 1. The first-order valence-corrected chi connectivity index (χ1v) is 9.69. The lowest BCUT2D eigenvalue weighted by Gasteiger charge is -2.34. The molecule has 146 valence electrons. The molecule has 2 aromatic carbocycles. The predicted octanol–water partition coefficient (Wildman–Crippen LogP) is 4.02. The van der Waals surface area contributed by atoms with E-state index in [-0.39, 0.29) is 5.91 Å². The van der Waals surface area contributed by atoms with Gasteiger partial charge in [0.1, 0.15) is 11.3 Å². The molecular formula is C23H26N2O3. The Morgan fingerprint density at radius 2 is 1.86 bits per heavy atom. The molecule has 1 aliphatic heterocycles. The molecule has 4 rings (SSSR count). The van der Waals surface area contributed by atoms with E-state index in [9.17, 15) is 4.79 Å². The number of nitrogens with zero attached hydrogens (tertiary/aromatic N) is 2.